The molecule has 0 atom stereocenters. The zero-order valence-corrected chi connectivity index (χ0v) is 18.7. The Morgan fingerprint density at radius 2 is 1.89 bits per heavy atom. The Morgan fingerprint density at radius 1 is 1.14 bits per heavy atom. The van der Waals surface area contributed by atoms with E-state index in [9.17, 15) is 4.79 Å². The maximum absolute atomic E-state index is 13.2. The van der Waals surface area contributed by atoms with E-state index in [4.69, 9.17) is 9.72 Å². The smallest absolute Gasteiger partial charge is 0.260 e. The standard InChI is InChI=1S/C21H24BrN3O2S/c1-4-27-17-10-11-18-19(14-17)28-21(23-18)25(13-5-12-24(2)3)20(26)15-6-8-16(22)9-7-15/h6-11,14H,4-5,12-13H2,1-3H3. The molecule has 0 aliphatic carbocycles. The van der Waals surface area contributed by atoms with Gasteiger partial charge in [-0.05, 0) is 76.4 Å². The number of nitrogens with zero attached hydrogens (tertiary/aromatic N) is 3. The molecule has 28 heavy (non-hydrogen) atoms. The van der Waals surface area contributed by atoms with Crippen molar-refractivity contribution >= 4 is 48.5 Å². The number of aromatic nitrogens is 1. The van der Waals surface area contributed by atoms with Crippen LogP contribution in [-0.2, 0) is 0 Å². The minimum absolute atomic E-state index is 0.0321. The summed E-state index contributed by atoms with van der Waals surface area (Å²) < 4.78 is 7.56. The van der Waals surface area contributed by atoms with Gasteiger partial charge in [0.2, 0.25) is 0 Å². The molecule has 0 aliphatic rings. The average molecular weight is 462 g/mol. The van der Waals surface area contributed by atoms with E-state index in [1.165, 1.54) is 11.3 Å². The van der Waals surface area contributed by atoms with Crippen LogP contribution in [0.15, 0.2) is 46.9 Å². The van der Waals surface area contributed by atoms with Crippen LogP contribution in [-0.4, -0.2) is 49.6 Å². The van der Waals surface area contributed by atoms with Gasteiger partial charge >= 0.3 is 0 Å². The van der Waals surface area contributed by atoms with Crippen LogP contribution in [0, 0.1) is 0 Å². The quantitative estimate of drug-likeness (QED) is 0.470. The Morgan fingerprint density at radius 3 is 2.57 bits per heavy atom. The van der Waals surface area contributed by atoms with Crippen molar-refractivity contribution in [3.8, 4) is 5.75 Å². The molecule has 0 bridgehead atoms. The first-order valence-corrected chi connectivity index (χ1v) is 10.8. The normalized spacial score (nSPS) is 11.2. The molecule has 1 aromatic heterocycles. The van der Waals surface area contributed by atoms with E-state index < -0.39 is 0 Å². The number of carbonyl (C=O) groups excluding carboxylic acids is 1. The van der Waals surface area contributed by atoms with Crippen LogP contribution in [0.25, 0.3) is 10.2 Å². The summed E-state index contributed by atoms with van der Waals surface area (Å²) in [6.07, 6.45) is 0.870. The lowest BCUT2D eigenvalue weighted by molar-refractivity contribution is 0.0986. The third-order valence-electron chi connectivity index (χ3n) is 4.21. The molecular weight excluding hydrogens is 438 g/mol. The molecule has 7 heteroatoms. The highest BCUT2D eigenvalue weighted by molar-refractivity contribution is 9.10. The molecule has 2 aromatic carbocycles. The van der Waals surface area contributed by atoms with E-state index in [-0.39, 0.29) is 5.91 Å². The second kappa shape index (κ2) is 9.49. The first-order chi connectivity index (χ1) is 13.5. The van der Waals surface area contributed by atoms with E-state index in [0.717, 1.165) is 38.5 Å². The van der Waals surface area contributed by atoms with E-state index >= 15 is 0 Å². The Bertz CT molecular complexity index is 940. The molecule has 1 heterocycles. The number of halogens is 1. The van der Waals surface area contributed by atoms with Crippen LogP contribution < -0.4 is 9.64 Å². The molecule has 0 saturated carbocycles. The Kier molecular flexibility index (Phi) is 7.04. The first kappa shape index (κ1) is 20.8. The van der Waals surface area contributed by atoms with Gasteiger partial charge in [0, 0.05) is 16.6 Å². The van der Waals surface area contributed by atoms with Gasteiger partial charge in [-0.15, -0.1) is 0 Å². The molecule has 0 radical (unpaired) electrons. The summed E-state index contributed by atoms with van der Waals surface area (Å²) in [5.74, 6) is 0.791. The van der Waals surface area contributed by atoms with Crippen molar-refractivity contribution < 1.29 is 9.53 Å². The molecule has 0 N–H and O–H groups in total. The highest BCUT2D eigenvalue weighted by atomic mass is 79.9. The first-order valence-electron chi connectivity index (χ1n) is 9.23. The minimum Gasteiger partial charge on any atom is -0.494 e. The number of rotatable bonds is 8. The van der Waals surface area contributed by atoms with Gasteiger partial charge in [0.25, 0.3) is 5.91 Å². The van der Waals surface area contributed by atoms with Crippen LogP contribution in [0.3, 0.4) is 0 Å². The number of amides is 1. The summed E-state index contributed by atoms with van der Waals surface area (Å²) in [7, 11) is 4.07. The Labute approximate surface area is 178 Å². The van der Waals surface area contributed by atoms with Crippen molar-refractivity contribution in [2.45, 2.75) is 13.3 Å². The van der Waals surface area contributed by atoms with Gasteiger partial charge < -0.3 is 9.64 Å². The van der Waals surface area contributed by atoms with Gasteiger partial charge in [-0.1, -0.05) is 27.3 Å². The van der Waals surface area contributed by atoms with Crippen molar-refractivity contribution in [1.82, 2.24) is 9.88 Å². The van der Waals surface area contributed by atoms with E-state index in [1.807, 2.05) is 63.5 Å². The average Bonchev–Trinajstić information content (AvgIpc) is 3.08. The second-order valence-electron chi connectivity index (χ2n) is 6.68. The fourth-order valence-electron chi connectivity index (χ4n) is 2.84. The molecule has 0 fully saturated rings. The van der Waals surface area contributed by atoms with Crippen molar-refractivity contribution in [1.29, 1.82) is 0 Å². The highest BCUT2D eigenvalue weighted by Gasteiger charge is 2.21. The predicted molar refractivity (Wildman–Crippen MR) is 120 cm³/mol. The molecule has 1 amide bonds. The topological polar surface area (TPSA) is 45.7 Å². The predicted octanol–water partition coefficient (Wildman–Crippen LogP) is 5.06. The summed E-state index contributed by atoms with van der Waals surface area (Å²) in [5.41, 5.74) is 1.53. The zero-order valence-electron chi connectivity index (χ0n) is 16.3. The molecule has 3 rings (SSSR count). The molecule has 0 unspecified atom stereocenters. The summed E-state index contributed by atoms with van der Waals surface area (Å²) in [6.45, 7) is 4.11. The van der Waals surface area contributed by atoms with E-state index in [1.54, 1.807) is 4.90 Å². The molecular formula is C21H24BrN3O2S. The fourth-order valence-corrected chi connectivity index (χ4v) is 4.12. The number of hydrogen-bond donors (Lipinski definition) is 0. The van der Waals surface area contributed by atoms with Crippen molar-refractivity contribution in [2.75, 3.05) is 38.7 Å². The van der Waals surface area contributed by atoms with Crippen LogP contribution in [0.5, 0.6) is 5.75 Å². The van der Waals surface area contributed by atoms with Crippen molar-refractivity contribution in [2.24, 2.45) is 0 Å². The van der Waals surface area contributed by atoms with Gasteiger partial charge in [0.05, 0.1) is 16.8 Å². The molecule has 0 spiro atoms. The highest BCUT2D eigenvalue weighted by Crippen LogP contribution is 2.32. The van der Waals surface area contributed by atoms with Crippen molar-refractivity contribution in [3.05, 3.63) is 52.5 Å². The second-order valence-corrected chi connectivity index (χ2v) is 8.60. The molecule has 3 aromatic rings. The van der Waals surface area contributed by atoms with Crippen LogP contribution in [0.2, 0.25) is 0 Å². The number of ether oxygens (including phenoxy) is 1. The van der Waals surface area contributed by atoms with Crippen LogP contribution >= 0.6 is 27.3 Å². The van der Waals surface area contributed by atoms with E-state index in [2.05, 4.69) is 20.8 Å². The lowest BCUT2D eigenvalue weighted by Crippen LogP contribution is -2.33. The van der Waals surface area contributed by atoms with Crippen molar-refractivity contribution in [3.63, 3.8) is 0 Å². The lowest BCUT2D eigenvalue weighted by atomic mass is 10.2. The van der Waals surface area contributed by atoms with Gasteiger partial charge in [-0.2, -0.15) is 0 Å². The Balaban J connectivity index is 1.92. The maximum Gasteiger partial charge on any atom is 0.260 e. The lowest BCUT2D eigenvalue weighted by Gasteiger charge is -2.21. The monoisotopic (exact) mass is 461 g/mol. The number of carbonyl (C=O) groups is 1. The number of anilines is 1. The zero-order chi connectivity index (χ0) is 20.1. The fraction of sp³-hybridized carbons (Fsp3) is 0.333. The van der Waals surface area contributed by atoms with E-state index in [0.29, 0.717) is 18.7 Å². The van der Waals surface area contributed by atoms with Crippen LogP contribution in [0.4, 0.5) is 5.13 Å². The third kappa shape index (κ3) is 5.10. The van der Waals surface area contributed by atoms with Gasteiger partial charge in [-0.25, -0.2) is 4.98 Å². The minimum atomic E-state index is -0.0321. The van der Waals surface area contributed by atoms with Crippen LogP contribution in [0.1, 0.15) is 23.7 Å². The number of benzene rings is 2. The van der Waals surface area contributed by atoms with Gasteiger partial charge in [-0.3, -0.25) is 9.69 Å². The number of fused-ring (bicyclic) bond motifs is 1. The van der Waals surface area contributed by atoms with Gasteiger partial charge in [0.1, 0.15) is 5.75 Å². The van der Waals surface area contributed by atoms with Gasteiger partial charge in [0.15, 0.2) is 5.13 Å². The number of hydrogen-bond acceptors (Lipinski definition) is 5. The third-order valence-corrected chi connectivity index (χ3v) is 5.78. The summed E-state index contributed by atoms with van der Waals surface area (Å²) >= 11 is 4.95. The summed E-state index contributed by atoms with van der Waals surface area (Å²) in [6, 6.07) is 13.3. The molecule has 148 valence electrons. The molecule has 0 saturated heterocycles. The summed E-state index contributed by atoms with van der Waals surface area (Å²) in [5, 5.41) is 0.718. The number of thiazole rings is 1. The summed E-state index contributed by atoms with van der Waals surface area (Å²) in [4.78, 5) is 21.8. The Hall–Kier alpha value is -1.96. The molecule has 0 aliphatic heterocycles. The molecule has 5 nitrogen and oxygen atoms in total. The largest absolute Gasteiger partial charge is 0.494 e. The maximum atomic E-state index is 13.2. The SMILES string of the molecule is CCOc1ccc2nc(N(CCCN(C)C)C(=O)c3ccc(Br)cc3)sc2c1.